The Morgan fingerprint density at radius 2 is 1.61 bits per heavy atom. The lowest BCUT2D eigenvalue weighted by molar-refractivity contribution is -0.138. The van der Waals surface area contributed by atoms with Crippen LogP contribution in [0.15, 0.2) is 36.9 Å². The number of primary amides is 1. The number of halogens is 1. The second kappa shape index (κ2) is 11.3. The summed E-state index contributed by atoms with van der Waals surface area (Å²) in [5.74, 6) is -3.05. The number of nitrogens with zero attached hydrogens (tertiary/aromatic N) is 4. The van der Waals surface area contributed by atoms with Crippen LogP contribution in [0.4, 0.5) is 0 Å². The molecule has 0 radical (unpaired) electrons. The Labute approximate surface area is 197 Å². The molecule has 176 valence electrons. The van der Waals surface area contributed by atoms with Gasteiger partial charge in [-0.15, -0.1) is 12.4 Å². The summed E-state index contributed by atoms with van der Waals surface area (Å²) >= 11 is 0. The van der Waals surface area contributed by atoms with E-state index in [-0.39, 0.29) is 30.1 Å². The van der Waals surface area contributed by atoms with Crippen LogP contribution in [0.3, 0.4) is 0 Å². The quantitative estimate of drug-likeness (QED) is 0.509. The molecule has 0 bridgehead atoms. The van der Waals surface area contributed by atoms with Crippen molar-refractivity contribution in [1.29, 1.82) is 0 Å². The average Bonchev–Trinajstić information content (AvgIpc) is 2.80. The van der Waals surface area contributed by atoms with E-state index < -0.39 is 29.8 Å². The third kappa shape index (κ3) is 6.45. The lowest BCUT2D eigenvalue weighted by Crippen LogP contribution is -2.57. The molecular weight excluding hydrogens is 450 g/mol. The Kier molecular flexibility index (Phi) is 8.80. The predicted octanol–water partition coefficient (Wildman–Crippen LogP) is -0.0828. The van der Waals surface area contributed by atoms with Crippen molar-refractivity contribution in [3.63, 3.8) is 0 Å². The maximum Gasteiger partial charge on any atom is 0.309 e. The van der Waals surface area contributed by atoms with Crippen LogP contribution in [-0.2, 0) is 14.4 Å². The number of aromatic nitrogens is 3. The van der Waals surface area contributed by atoms with Gasteiger partial charge in [0.15, 0.2) is 0 Å². The highest BCUT2D eigenvalue weighted by Crippen LogP contribution is 2.26. The third-order valence-electron chi connectivity index (χ3n) is 5.37. The van der Waals surface area contributed by atoms with Gasteiger partial charge in [0.2, 0.25) is 11.7 Å². The van der Waals surface area contributed by atoms with E-state index in [4.69, 9.17) is 5.73 Å². The van der Waals surface area contributed by atoms with E-state index >= 15 is 0 Å². The van der Waals surface area contributed by atoms with Gasteiger partial charge in [0, 0.05) is 56.4 Å². The molecular formula is C21H26ClN7O4. The number of carbonyl (C=O) groups is 4. The van der Waals surface area contributed by atoms with Crippen LogP contribution >= 0.6 is 12.4 Å². The fourth-order valence-electron chi connectivity index (χ4n) is 3.70. The van der Waals surface area contributed by atoms with Gasteiger partial charge >= 0.3 is 11.8 Å². The first-order valence-corrected chi connectivity index (χ1v) is 10.1. The van der Waals surface area contributed by atoms with Crippen LogP contribution in [0.2, 0.25) is 0 Å². The summed E-state index contributed by atoms with van der Waals surface area (Å²) in [6.45, 7) is 0. The second-order valence-corrected chi connectivity index (χ2v) is 7.80. The Bertz CT molecular complexity index is 1000. The molecule has 3 atom stereocenters. The molecule has 1 saturated carbocycles. The molecule has 0 saturated heterocycles. The van der Waals surface area contributed by atoms with Crippen LogP contribution in [0.5, 0.6) is 0 Å². The van der Waals surface area contributed by atoms with Crippen molar-refractivity contribution in [1.82, 2.24) is 30.5 Å². The summed E-state index contributed by atoms with van der Waals surface area (Å²) < 4.78 is 0. The Hall–Kier alpha value is -3.60. The number of hydrogen-bond donors (Lipinski definition) is 3. The van der Waals surface area contributed by atoms with E-state index in [0.717, 1.165) is 11.1 Å². The van der Waals surface area contributed by atoms with Crippen LogP contribution in [-0.4, -0.2) is 69.7 Å². The smallest absolute Gasteiger partial charge is 0.309 e. The van der Waals surface area contributed by atoms with Gasteiger partial charge in [-0.2, -0.15) is 0 Å². The summed E-state index contributed by atoms with van der Waals surface area (Å²) in [4.78, 5) is 61.9. The Morgan fingerprint density at radius 1 is 0.970 bits per heavy atom. The van der Waals surface area contributed by atoms with E-state index in [2.05, 4.69) is 25.6 Å². The maximum atomic E-state index is 12.8. The molecule has 11 nitrogen and oxygen atoms in total. The van der Waals surface area contributed by atoms with Crippen LogP contribution in [0.25, 0.3) is 11.1 Å². The molecule has 0 aromatic carbocycles. The second-order valence-electron chi connectivity index (χ2n) is 7.80. The normalized spacial score (nSPS) is 19.5. The summed E-state index contributed by atoms with van der Waals surface area (Å²) in [5, 5.41) is 5.35. The van der Waals surface area contributed by atoms with E-state index in [1.165, 1.54) is 17.3 Å². The van der Waals surface area contributed by atoms with Crippen molar-refractivity contribution < 1.29 is 19.2 Å². The first-order chi connectivity index (χ1) is 15.3. The molecule has 4 N–H and O–H groups in total. The van der Waals surface area contributed by atoms with E-state index in [0.29, 0.717) is 19.3 Å². The first kappa shape index (κ1) is 25.7. The SMILES string of the molecule is CN(C)C(=O)[C@H]1CC[C@H](NC(=O)C(N)=O)[C@H](NC(=O)c2ncc(-c3ccncc3)cn2)C1.Cl. The molecule has 4 amide bonds. The molecule has 1 fully saturated rings. The van der Waals surface area contributed by atoms with Crippen molar-refractivity contribution >= 4 is 36.0 Å². The Balaban J connectivity index is 0.00000385. The number of carbonyl (C=O) groups excluding carboxylic acids is 4. The predicted molar refractivity (Wildman–Crippen MR) is 121 cm³/mol. The lowest BCUT2D eigenvalue weighted by atomic mass is 9.81. The molecule has 0 spiro atoms. The van der Waals surface area contributed by atoms with Crippen LogP contribution < -0.4 is 16.4 Å². The zero-order valence-electron chi connectivity index (χ0n) is 18.2. The van der Waals surface area contributed by atoms with Crippen LogP contribution in [0, 0.1) is 5.92 Å². The van der Waals surface area contributed by atoms with Gasteiger partial charge in [0.1, 0.15) is 0 Å². The van der Waals surface area contributed by atoms with Crippen molar-refractivity contribution in [3.05, 3.63) is 42.7 Å². The molecule has 1 aliphatic rings. The third-order valence-corrected chi connectivity index (χ3v) is 5.37. The molecule has 33 heavy (non-hydrogen) atoms. The van der Waals surface area contributed by atoms with Gasteiger partial charge in [0.25, 0.3) is 5.91 Å². The lowest BCUT2D eigenvalue weighted by Gasteiger charge is -2.36. The van der Waals surface area contributed by atoms with Crippen molar-refractivity contribution in [2.45, 2.75) is 31.3 Å². The fourth-order valence-corrected chi connectivity index (χ4v) is 3.70. The maximum absolute atomic E-state index is 12.8. The van der Waals surface area contributed by atoms with Crippen molar-refractivity contribution in [2.75, 3.05) is 14.1 Å². The zero-order chi connectivity index (χ0) is 23.3. The number of nitrogens with one attached hydrogen (secondary N) is 2. The van der Waals surface area contributed by atoms with E-state index in [1.807, 2.05) is 0 Å². The zero-order valence-corrected chi connectivity index (χ0v) is 19.0. The van der Waals surface area contributed by atoms with E-state index in [9.17, 15) is 19.2 Å². The van der Waals surface area contributed by atoms with Gasteiger partial charge < -0.3 is 21.3 Å². The highest BCUT2D eigenvalue weighted by molar-refractivity contribution is 6.34. The Morgan fingerprint density at radius 3 is 2.18 bits per heavy atom. The van der Waals surface area contributed by atoms with Crippen molar-refractivity contribution in [3.8, 4) is 11.1 Å². The highest BCUT2D eigenvalue weighted by Gasteiger charge is 2.37. The van der Waals surface area contributed by atoms with Gasteiger partial charge in [0.05, 0.1) is 6.04 Å². The highest BCUT2D eigenvalue weighted by atomic mass is 35.5. The van der Waals surface area contributed by atoms with Gasteiger partial charge in [-0.05, 0) is 37.0 Å². The van der Waals surface area contributed by atoms with Gasteiger partial charge in [-0.1, -0.05) is 0 Å². The number of nitrogens with two attached hydrogens (primary N) is 1. The average molecular weight is 476 g/mol. The summed E-state index contributed by atoms with van der Waals surface area (Å²) in [6, 6.07) is 2.45. The molecule has 0 aliphatic heterocycles. The van der Waals surface area contributed by atoms with Gasteiger partial charge in [-0.25, -0.2) is 9.97 Å². The molecule has 1 aliphatic carbocycles. The molecule has 0 unspecified atom stereocenters. The molecule has 2 heterocycles. The van der Waals surface area contributed by atoms with Gasteiger partial charge in [-0.3, -0.25) is 24.2 Å². The minimum absolute atomic E-state index is 0. The minimum Gasteiger partial charge on any atom is -0.361 e. The number of pyridine rings is 1. The number of rotatable bonds is 5. The summed E-state index contributed by atoms with van der Waals surface area (Å²) in [7, 11) is 3.32. The first-order valence-electron chi connectivity index (χ1n) is 10.1. The number of amides is 4. The minimum atomic E-state index is -1.11. The fraction of sp³-hybridized carbons (Fsp3) is 0.381. The largest absolute Gasteiger partial charge is 0.361 e. The molecule has 3 rings (SSSR count). The van der Waals surface area contributed by atoms with Crippen LogP contribution in [0.1, 0.15) is 29.9 Å². The summed E-state index contributed by atoms with van der Waals surface area (Å²) in [6.07, 6.45) is 7.55. The standard InChI is InChI=1S/C21H25N7O4.ClH/c1-28(2)21(32)13-3-4-15(26-19(30)17(22)29)16(9-13)27-20(31)18-24-10-14(11-25-18)12-5-7-23-8-6-12;/h5-8,10-11,13,15-16H,3-4,9H2,1-2H3,(H2,22,29)(H,26,30)(H,27,31);1H/t13-,15-,16+;/m0./s1. The molecule has 12 heteroatoms. The molecule has 2 aromatic heterocycles. The van der Waals surface area contributed by atoms with Crippen molar-refractivity contribution in [2.24, 2.45) is 11.7 Å². The summed E-state index contributed by atoms with van der Waals surface area (Å²) in [5.41, 5.74) is 6.63. The monoisotopic (exact) mass is 475 g/mol. The molecule has 2 aromatic rings. The van der Waals surface area contributed by atoms with E-state index in [1.54, 1.807) is 38.6 Å². The number of hydrogen-bond acceptors (Lipinski definition) is 7. The topological polar surface area (TPSA) is 160 Å².